The van der Waals surface area contributed by atoms with Crippen molar-refractivity contribution in [2.75, 3.05) is 0 Å². The molecule has 1 aliphatic heterocycles. The van der Waals surface area contributed by atoms with Gasteiger partial charge in [0.2, 0.25) is 0 Å². The number of hydrogen-bond donors (Lipinski definition) is 3. The molecule has 0 bridgehead atoms. The van der Waals surface area contributed by atoms with E-state index in [4.69, 9.17) is 4.74 Å². The number of aromatic hydroxyl groups is 3. The number of carbonyl (C=O) groups excluding carboxylic acids is 1. The second-order valence-corrected chi connectivity index (χ2v) is 7.89. The minimum absolute atomic E-state index is 0.0114. The minimum Gasteiger partial charge on any atom is -0.508 e. The zero-order chi connectivity index (χ0) is 21.9. The lowest BCUT2D eigenvalue weighted by molar-refractivity contribution is 0.104. The Hall–Kier alpha value is -3.47. The molecule has 3 rings (SSSR count). The molecule has 30 heavy (non-hydrogen) atoms. The van der Waals surface area contributed by atoms with Gasteiger partial charge in [-0.2, -0.15) is 0 Å². The van der Waals surface area contributed by atoms with E-state index in [9.17, 15) is 20.1 Å². The van der Waals surface area contributed by atoms with E-state index in [-0.39, 0.29) is 34.1 Å². The second-order valence-electron chi connectivity index (χ2n) is 7.89. The molecule has 1 aliphatic rings. The van der Waals surface area contributed by atoms with Crippen molar-refractivity contribution in [3.8, 4) is 23.0 Å². The highest BCUT2D eigenvalue weighted by molar-refractivity contribution is 6.10. The van der Waals surface area contributed by atoms with Gasteiger partial charge in [-0.05, 0) is 75.6 Å². The van der Waals surface area contributed by atoms with Crippen LogP contribution < -0.4 is 4.74 Å². The zero-order valence-corrected chi connectivity index (χ0v) is 17.3. The summed E-state index contributed by atoms with van der Waals surface area (Å²) in [7, 11) is 0. The highest BCUT2D eigenvalue weighted by atomic mass is 16.5. The molecule has 1 heterocycles. The molecule has 156 valence electrons. The molecular formula is C25H26O5. The van der Waals surface area contributed by atoms with Crippen LogP contribution in [-0.4, -0.2) is 26.7 Å². The standard InChI is InChI=1S/C25H26O5/c1-16(2)5-4-13-25(3)14-12-19-23(29)20(15-22(28)24(19)30-25)21(27)11-8-17-6-9-18(26)10-7-17/h5-12,14-15,26,28-29H,4,13H2,1-3H3. The van der Waals surface area contributed by atoms with Crippen molar-refractivity contribution in [1.82, 2.24) is 0 Å². The maximum absolute atomic E-state index is 12.6. The first kappa shape index (κ1) is 21.2. The summed E-state index contributed by atoms with van der Waals surface area (Å²) in [5.41, 5.74) is 1.60. The Labute approximate surface area is 176 Å². The molecule has 1 unspecified atom stereocenters. The van der Waals surface area contributed by atoms with E-state index in [1.165, 1.54) is 29.8 Å². The van der Waals surface area contributed by atoms with Crippen molar-refractivity contribution < 1.29 is 24.9 Å². The van der Waals surface area contributed by atoms with Crippen LogP contribution in [0.3, 0.4) is 0 Å². The smallest absolute Gasteiger partial charge is 0.189 e. The number of ketones is 1. The van der Waals surface area contributed by atoms with Gasteiger partial charge in [-0.3, -0.25) is 4.79 Å². The molecule has 0 radical (unpaired) electrons. The van der Waals surface area contributed by atoms with Crippen LogP contribution in [0, 0.1) is 0 Å². The number of phenolic OH excluding ortho intramolecular Hbond substituents is 3. The average Bonchev–Trinajstić information content (AvgIpc) is 2.69. The monoisotopic (exact) mass is 406 g/mol. The fourth-order valence-corrected chi connectivity index (χ4v) is 3.27. The Kier molecular flexibility index (Phi) is 6.01. The predicted molar refractivity (Wildman–Crippen MR) is 118 cm³/mol. The zero-order valence-electron chi connectivity index (χ0n) is 17.3. The first-order valence-corrected chi connectivity index (χ1v) is 9.80. The summed E-state index contributed by atoms with van der Waals surface area (Å²) < 4.78 is 6.01. The van der Waals surface area contributed by atoms with Crippen LogP contribution in [0.2, 0.25) is 0 Å². The predicted octanol–water partition coefficient (Wildman–Crippen LogP) is 5.61. The van der Waals surface area contributed by atoms with E-state index in [0.717, 1.165) is 12.0 Å². The average molecular weight is 406 g/mol. The van der Waals surface area contributed by atoms with Crippen LogP contribution in [0.5, 0.6) is 23.0 Å². The molecule has 5 nitrogen and oxygen atoms in total. The highest BCUT2D eigenvalue weighted by Gasteiger charge is 2.31. The van der Waals surface area contributed by atoms with Gasteiger partial charge in [-0.1, -0.05) is 29.9 Å². The van der Waals surface area contributed by atoms with Crippen LogP contribution in [0.25, 0.3) is 12.2 Å². The number of hydrogen-bond acceptors (Lipinski definition) is 5. The van der Waals surface area contributed by atoms with Crippen molar-refractivity contribution in [2.45, 2.75) is 39.2 Å². The summed E-state index contributed by atoms with van der Waals surface area (Å²) in [4.78, 5) is 12.6. The second kappa shape index (κ2) is 8.49. The van der Waals surface area contributed by atoms with Gasteiger partial charge in [0.25, 0.3) is 0 Å². The van der Waals surface area contributed by atoms with Crippen LogP contribution >= 0.6 is 0 Å². The molecular weight excluding hydrogens is 380 g/mol. The fraction of sp³-hybridized carbons (Fsp3) is 0.240. The van der Waals surface area contributed by atoms with E-state index in [2.05, 4.69) is 6.08 Å². The summed E-state index contributed by atoms with van der Waals surface area (Å²) in [5, 5.41) is 30.5. The molecule has 0 saturated carbocycles. The van der Waals surface area contributed by atoms with E-state index in [1.807, 2.05) is 26.8 Å². The van der Waals surface area contributed by atoms with Crippen molar-refractivity contribution in [2.24, 2.45) is 0 Å². The van der Waals surface area contributed by atoms with Gasteiger partial charge < -0.3 is 20.1 Å². The number of ether oxygens (including phenoxy) is 1. The molecule has 0 aliphatic carbocycles. The van der Waals surface area contributed by atoms with E-state index in [0.29, 0.717) is 6.42 Å². The van der Waals surface area contributed by atoms with Crippen LogP contribution in [0.1, 0.15) is 55.1 Å². The maximum atomic E-state index is 12.6. The molecule has 2 aromatic carbocycles. The summed E-state index contributed by atoms with van der Waals surface area (Å²) in [5.74, 6) is -0.569. The maximum Gasteiger partial charge on any atom is 0.189 e. The number of phenols is 3. The van der Waals surface area contributed by atoms with Crippen LogP contribution in [0.4, 0.5) is 0 Å². The lowest BCUT2D eigenvalue weighted by Crippen LogP contribution is -2.31. The summed E-state index contributed by atoms with van der Waals surface area (Å²) in [6.45, 7) is 5.99. The normalized spacial score (nSPS) is 17.4. The van der Waals surface area contributed by atoms with Gasteiger partial charge in [-0.25, -0.2) is 0 Å². The summed E-state index contributed by atoms with van der Waals surface area (Å²) >= 11 is 0. The lowest BCUT2D eigenvalue weighted by atomic mass is 9.92. The molecule has 3 N–H and O–H groups in total. The Morgan fingerprint density at radius 3 is 2.50 bits per heavy atom. The molecule has 0 spiro atoms. The Bertz CT molecular complexity index is 1040. The van der Waals surface area contributed by atoms with Crippen molar-refractivity contribution in [3.05, 3.63) is 70.8 Å². The highest BCUT2D eigenvalue weighted by Crippen LogP contribution is 2.45. The fourth-order valence-electron chi connectivity index (χ4n) is 3.27. The third-order valence-corrected chi connectivity index (χ3v) is 4.99. The van der Waals surface area contributed by atoms with E-state index < -0.39 is 11.4 Å². The van der Waals surface area contributed by atoms with Gasteiger partial charge in [-0.15, -0.1) is 0 Å². The third-order valence-electron chi connectivity index (χ3n) is 4.99. The van der Waals surface area contributed by atoms with Crippen molar-refractivity contribution in [1.29, 1.82) is 0 Å². The largest absolute Gasteiger partial charge is 0.508 e. The molecule has 5 heteroatoms. The number of allylic oxidation sites excluding steroid dienone is 3. The van der Waals surface area contributed by atoms with Crippen LogP contribution in [0.15, 0.2) is 54.1 Å². The van der Waals surface area contributed by atoms with E-state index in [1.54, 1.807) is 24.3 Å². The lowest BCUT2D eigenvalue weighted by Gasteiger charge is -2.32. The Balaban J connectivity index is 1.85. The van der Waals surface area contributed by atoms with Gasteiger partial charge in [0.05, 0.1) is 11.1 Å². The molecule has 0 saturated heterocycles. The number of fused-ring (bicyclic) bond motifs is 1. The minimum atomic E-state index is -0.618. The van der Waals surface area contributed by atoms with Gasteiger partial charge in [0, 0.05) is 0 Å². The first-order valence-electron chi connectivity index (χ1n) is 9.80. The van der Waals surface area contributed by atoms with E-state index >= 15 is 0 Å². The molecule has 0 fully saturated rings. The topological polar surface area (TPSA) is 87.0 Å². The summed E-state index contributed by atoms with van der Waals surface area (Å²) in [6, 6.07) is 7.59. The van der Waals surface area contributed by atoms with Crippen molar-refractivity contribution >= 4 is 17.9 Å². The molecule has 1 atom stereocenters. The number of benzene rings is 2. The third kappa shape index (κ3) is 4.74. The van der Waals surface area contributed by atoms with Gasteiger partial charge >= 0.3 is 0 Å². The molecule has 2 aromatic rings. The first-order chi connectivity index (χ1) is 14.2. The Morgan fingerprint density at radius 1 is 1.13 bits per heavy atom. The van der Waals surface area contributed by atoms with Gasteiger partial charge in [0.1, 0.15) is 17.1 Å². The quantitative estimate of drug-likeness (QED) is 0.251. The number of carbonyl (C=O) groups is 1. The SMILES string of the molecule is CC(C)=CCCC1(C)C=Cc2c(O)c(C(=O)C=Cc3ccc(O)cc3)cc(O)c2O1. The molecule has 0 amide bonds. The molecule has 0 aromatic heterocycles. The van der Waals surface area contributed by atoms with Crippen LogP contribution in [-0.2, 0) is 0 Å². The Morgan fingerprint density at radius 2 is 1.83 bits per heavy atom. The number of rotatable bonds is 6. The van der Waals surface area contributed by atoms with Gasteiger partial charge in [0.15, 0.2) is 17.3 Å². The summed E-state index contributed by atoms with van der Waals surface area (Å²) in [6.07, 6.45) is 10.1. The van der Waals surface area contributed by atoms with Crippen molar-refractivity contribution in [3.63, 3.8) is 0 Å².